The first-order chi connectivity index (χ1) is 22.1. The van der Waals surface area contributed by atoms with Crippen molar-refractivity contribution in [2.24, 2.45) is 17.8 Å². The van der Waals surface area contributed by atoms with E-state index in [1.165, 1.54) is 12.2 Å². The van der Waals surface area contributed by atoms with Gasteiger partial charge in [0.05, 0.1) is 54.9 Å². The number of carbonyl (C=O) groups excluding carboxylic acids is 1. The van der Waals surface area contributed by atoms with Crippen LogP contribution in [0.4, 0.5) is 0 Å². The first-order valence-electron chi connectivity index (χ1n) is 16.8. The van der Waals surface area contributed by atoms with Gasteiger partial charge < -0.3 is 50.7 Å². The van der Waals surface area contributed by atoms with Crippen LogP contribution in [-0.4, -0.2) is 113 Å². The highest BCUT2D eigenvalue weighted by molar-refractivity contribution is 5.82. The Morgan fingerprint density at radius 3 is 1.62 bits per heavy atom. The molecule has 0 spiro atoms. The lowest BCUT2D eigenvalue weighted by atomic mass is 9.86. The number of aliphatic hydroxyl groups is 9. The van der Waals surface area contributed by atoms with Crippen LogP contribution in [0, 0.1) is 17.8 Å². The van der Waals surface area contributed by atoms with Crippen LogP contribution >= 0.6 is 0 Å². The molecular formula is C36H60O11. The lowest BCUT2D eigenvalue weighted by Gasteiger charge is -2.31. The van der Waals surface area contributed by atoms with Crippen LogP contribution in [0.15, 0.2) is 60.8 Å². The van der Waals surface area contributed by atoms with Crippen molar-refractivity contribution in [3.63, 3.8) is 0 Å². The summed E-state index contributed by atoms with van der Waals surface area (Å²) in [4.78, 5) is 12.4. The van der Waals surface area contributed by atoms with Crippen molar-refractivity contribution in [1.82, 2.24) is 0 Å². The minimum atomic E-state index is -1.34. The molecule has 11 nitrogen and oxygen atoms in total. The molecule has 0 unspecified atom stereocenters. The average molecular weight is 669 g/mol. The number of ether oxygens (including phenoxy) is 1. The zero-order valence-electron chi connectivity index (χ0n) is 28.3. The summed E-state index contributed by atoms with van der Waals surface area (Å²) in [6.45, 7) is 7.09. The molecule has 9 N–H and O–H groups in total. The number of rotatable bonds is 1. The molecular weight excluding hydrogens is 608 g/mol. The molecule has 0 aromatic heterocycles. The van der Waals surface area contributed by atoms with Crippen molar-refractivity contribution in [3.05, 3.63) is 60.8 Å². The Bertz CT molecular complexity index is 1010. The Labute approximate surface area is 279 Å². The third-order valence-corrected chi connectivity index (χ3v) is 8.64. The molecule has 0 saturated heterocycles. The van der Waals surface area contributed by atoms with Crippen LogP contribution in [0.3, 0.4) is 0 Å². The number of carbonyl (C=O) groups is 1. The molecule has 0 bridgehead atoms. The molecule has 270 valence electrons. The normalized spacial score (nSPS) is 41.0. The lowest BCUT2D eigenvalue weighted by Crippen LogP contribution is -2.39. The Hall–Kier alpha value is -2.19. The third kappa shape index (κ3) is 18.2. The summed E-state index contributed by atoms with van der Waals surface area (Å²) in [6.07, 6.45) is 5.94. The van der Waals surface area contributed by atoms with Gasteiger partial charge in [-0.25, -0.2) is 4.79 Å². The highest BCUT2D eigenvalue weighted by Gasteiger charge is 2.32. The van der Waals surface area contributed by atoms with Crippen molar-refractivity contribution in [3.8, 4) is 0 Å². The van der Waals surface area contributed by atoms with Crippen molar-refractivity contribution < 1.29 is 55.5 Å². The molecule has 0 aromatic rings. The highest BCUT2D eigenvalue weighted by atomic mass is 16.5. The molecule has 0 aromatic carbocycles. The fraction of sp³-hybridized carbons (Fsp3) is 0.694. The highest BCUT2D eigenvalue weighted by Crippen LogP contribution is 2.25. The molecule has 1 aliphatic rings. The summed E-state index contributed by atoms with van der Waals surface area (Å²) >= 11 is 0. The molecule has 0 saturated carbocycles. The summed E-state index contributed by atoms with van der Waals surface area (Å²) in [7, 11) is 0. The molecule has 0 aliphatic carbocycles. The van der Waals surface area contributed by atoms with E-state index in [9.17, 15) is 50.8 Å². The van der Waals surface area contributed by atoms with Crippen molar-refractivity contribution in [1.29, 1.82) is 0 Å². The number of cyclic esters (lactones) is 1. The standard InChI is InChI=1S/C36H60O11/c1-23(2)36-25(4)33(44)21-29(40)22-34(45)31(42)17-16-26(37)18-27(38)19-28(39)20-32(43)24(3)30(41)14-12-10-8-6-5-7-9-11-13-15-35(46)47-36/h5-13,15,23-34,36-45H,14,16-22H2,1-4H3/b7-5+,8-6+,11-9-,12-10+,15-13-/t24-,25-,26+,27+,28+,29+,30-,31-,32+,33-,34+,36-/m0/s1. The number of allylic oxidation sites excluding steroid dienone is 8. The van der Waals surface area contributed by atoms with Crippen LogP contribution in [-0.2, 0) is 9.53 Å². The van der Waals surface area contributed by atoms with E-state index in [1.54, 1.807) is 62.5 Å². The van der Waals surface area contributed by atoms with Crippen LogP contribution in [0.2, 0.25) is 0 Å². The van der Waals surface area contributed by atoms with Crippen LogP contribution in [0.25, 0.3) is 0 Å². The summed E-state index contributed by atoms with van der Waals surface area (Å²) < 4.78 is 5.61. The quantitative estimate of drug-likeness (QED) is 0.185. The Balaban J connectivity index is 2.99. The molecule has 1 heterocycles. The monoisotopic (exact) mass is 668 g/mol. The van der Waals surface area contributed by atoms with Crippen LogP contribution < -0.4 is 0 Å². The van der Waals surface area contributed by atoms with Gasteiger partial charge in [0.25, 0.3) is 0 Å². The number of aliphatic hydroxyl groups excluding tert-OH is 9. The first-order valence-corrected chi connectivity index (χ1v) is 16.8. The SMILES string of the molecule is CC(C)[C@@H]1OC(=O)\C=C/C=C\C=C\C=C\C=C\C[C@H](O)[C@H](C)[C@H](O)C[C@H](O)C[C@H](O)C[C@H](O)CC[C@H](O)[C@H](O)C[C@H](O)C[C@H](O)[C@@H]1C. The van der Waals surface area contributed by atoms with Gasteiger partial charge >= 0.3 is 5.97 Å². The van der Waals surface area contributed by atoms with Gasteiger partial charge in [-0.1, -0.05) is 82.4 Å². The molecule has 0 amide bonds. The smallest absolute Gasteiger partial charge is 0.331 e. The van der Waals surface area contributed by atoms with Crippen molar-refractivity contribution >= 4 is 5.97 Å². The predicted molar refractivity (Wildman–Crippen MR) is 180 cm³/mol. The topological polar surface area (TPSA) is 208 Å². The maximum atomic E-state index is 12.4. The van der Waals surface area contributed by atoms with E-state index in [0.29, 0.717) is 0 Å². The second-order valence-corrected chi connectivity index (χ2v) is 13.2. The Morgan fingerprint density at radius 2 is 1.02 bits per heavy atom. The van der Waals surface area contributed by atoms with Gasteiger partial charge in [-0.05, 0) is 50.9 Å². The van der Waals surface area contributed by atoms with Gasteiger partial charge in [0.1, 0.15) is 6.10 Å². The van der Waals surface area contributed by atoms with Crippen LogP contribution in [0.5, 0.6) is 0 Å². The molecule has 12 atom stereocenters. The zero-order valence-corrected chi connectivity index (χ0v) is 28.3. The maximum Gasteiger partial charge on any atom is 0.331 e. The van der Waals surface area contributed by atoms with E-state index in [2.05, 4.69) is 0 Å². The van der Waals surface area contributed by atoms with E-state index >= 15 is 0 Å². The summed E-state index contributed by atoms with van der Waals surface area (Å²) in [5.41, 5.74) is 0. The van der Waals surface area contributed by atoms with E-state index < -0.39 is 78.8 Å². The average Bonchev–Trinajstić information content (AvgIpc) is 2.99. The summed E-state index contributed by atoms with van der Waals surface area (Å²) in [6, 6.07) is 0. The largest absolute Gasteiger partial charge is 0.459 e. The van der Waals surface area contributed by atoms with Gasteiger partial charge in [0, 0.05) is 24.3 Å². The second-order valence-electron chi connectivity index (χ2n) is 13.2. The van der Waals surface area contributed by atoms with Gasteiger partial charge in [-0.3, -0.25) is 0 Å². The molecule has 47 heavy (non-hydrogen) atoms. The van der Waals surface area contributed by atoms with Gasteiger partial charge in [-0.2, -0.15) is 0 Å². The minimum Gasteiger partial charge on any atom is -0.459 e. The number of hydrogen-bond acceptors (Lipinski definition) is 11. The van der Waals surface area contributed by atoms with Gasteiger partial charge in [0.2, 0.25) is 0 Å². The maximum absolute atomic E-state index is 12.4. The summed E-state index contributed by atoms with van der Waals surface area (Å²) in [5, 5.41) is 94.2. The number of esters is 1. The van der Waals surface area contributed by atoms with Crippen molar-refractivity contribution in [2.45, 2.75) is 140 Å². The van der Waals surface area contributed by atoms with Gasteiger partial charge in [-0.15, -0.1) is 0 Å². The van der Waals surface area contributed by atoms with E-state index in [0.717, 1.165) is 0 Å². The minimum absolute atomic E-state index is 0.0218. The fourth-order valence-electron chi connectivity index (χ4n) is 5.54. The zero-order chi connectivity index (χ0) is 35.5. The molecule has 1 rings (SSSR count). The predicted octanol–water partition coefficient (Wildman–Crippen LogP) is 1.99. The van der Waals surface area contributed by atoms with Gasteiger partial charge in [0.15, 0.2) is 0 Å². The Kier molecular flexibility index (Phi) is 21.2. The summed E-state index contributed by atoms with van der Waals surface area (Å²) in [5.74, 6) is -1.79. The fourth-order valence-corrected chi connectivity index (χ4v) is 5.54. The third-order valence-electron chi connectivity index (χ3n) is 8.64. The number of hydrogen-bond donors (Lipinski definition) is 9. The molecule has 0 radical (unpaired) electrons. The van der Waals surface area contributed by atoms with E-state index in [-0.39, 0.29) is 57.3 Å². The lowest BCUT2D eigenvalue weighted by molar-refractivity contribution is -0.151. The van der Waals surface area contributed by atoms with Crippen LogP contribution in [0.1, 0.15) is 79.1 Å². The van der Waals surface area contributed by atoms with E-state index in [4.69, 9.17) is 4.74 Å². The van der Waals surface area contributed by atoms with Crippen molar-refractivity contribution in [2.75, 3.05) is 0 Å². The second kappa shape index (κ2) is 23.2. The molecule has 1 aliphatic heterocycles. The first kappa shape index (κ1) is 42.8. The van der Waals surface area contributed by atoms with E-state index in [1.807, 2.05) is 13.8 Å². The molecule has 0 fully saturated rings. The molecule has 11 heteroatoms. The Morgan fingerprint density at radius 1 is 0.553 bits per heavy atom.